The van der Waals surface area contributed by atoms with Gasteiger partial charge < -0.3 is 5.32 Å². The summed E-state index contributed by atoms with van der Waals surface area (Å²) >= 11 is 0. The third-order valence-electron chi connectivity index (χ3n) is 4.78. The Morgan fingerprint density at radius 2 is 1.77 bits per heavy atom. The molecule has 0 aliphatic heterocycles. The minimum absolute atomic E-state index is 0.0901. The van der Waals surface area contributed by atoms with Gasteiger partial charge >= 0.3 is 0 Å². The number of hydrogen-bond acceptors (Lipinski definition) is 5. The Kier molecular flexibility index (Phi) is 5.75. The van der Waals surface area contributed by atoms with Crippen molar-refractivity contribution in [2.75, 3.05) is 15.9 Å². The van der Waals surface area contributed by atoms with Crippen LogP contribution in [0.15, 0.2) is 60.7 Å². The third-order valence-corrected chi connectivity index (χ3v) is 6.00. The number of hydrogen-bond donors (Lipinski definition) is 1. The Hall–Kier alpha value is -3.46. The van der Waals surface area contributed by atoms with E-state index in [1.807, 2.05) is 30.3 Å². The molecule has 1 amide bonds. The van der Waals surface area contributed by atoms with Crippen LogP contribution in [0.25, 0.3) is 10.8 Å². The van der Waals surface area contributed by atoms with Gasteiger partial charge in [0.15, 0.2) is 0 Å². The zero-order valence-corrected chi connectivity index (χ0v) is 17.5. The minimum Gasteiger partial charge on any atom is -0.324 e. The van der Waals surface area contributed by atoms with Gasteiger partial charge in [-0.3, -0.25) is 19.2 Å². The van der Waals surface area contributed by atoms with Crippen molar-refractivity contribution in [3.63, 3.8) is 0 Å². The number of benzene rings is 3. The van der Waals surface area contributed by atoms with Gasteiger partial charge in [0, 0.05) is 23.2 Å². The van der Waals surface area contributed by atoms with Gasteiger partial charge in [-0.1, -0.05) is 42.5 Å². The summed E-state index contributed by atoms with van der Waals surface area (Å²) in [5.74, 6) is -0.553. The number of non-ortho nitro benzene ring substituents is 1. The van der Waals surface area contributed by atoms with Gasteiger partial charge in [0.2, 0.25) is 15.9 Å². The lowest BCUT2D eigenvalue weighted by Crippen LogP contribution is -2.45. The van der Waals surface area contributed by atoms with E-state index in [1.165, 1.54) is 19.1 Å². The lowest BCUT2D eigenvalue weighted by Gasteiger charge is -2.29. The molecular weight excluding hydrogens is 406 g/mol. The second-order valence-electron chi connectivity index (χ2n) is 6.98. The molecule has 0 unspecified atom stereocenters. The van der Waals surface area contributed by atoms with Gasteiger partial charge in [-0.2, -0.15) is 0 Å². The van der Waals surface area contributed by atoms with Crippen LogP contribution < -0.4 is 9.62 Å². The van der Waals surface area contributed by atoms with Crippen LogP contribution in [0, 0.1) is 17.0 Å². The SMILES string of the molecule is Cc1ccc([N+](=O)[O-])cc1N([C@H](C)C(=O)Nc1cccc2ccccc12)S(C)(=O)=O. The summed E-state index contributed by atoms with van der Waals surface area (Å²) in [7, 11) is -3.91. The van der Waals surface area contributed by atoms with Crippen molar-refractivity contribution in [1.82, 2.24) is 0 Å². The van der Waals surface area contributed by atoms with E-state index < -0.39 is 26.9 Å². The number of aryl methyl sites for hydroxylation is 1. The highest BCUT2D eigenvalue weighted by Gasteiger charge is 2.31. The number of nitrogens with one attached hydrogen (secondary N) is 1. The van der Waals surface area contributed by atoms with Crippen LogP contribution in [-0.4, -0.2) is 31.5 Å². The number of anilines is 2. The molecule has 1 atom stereocenters. The first kappa shape index (κ1) is 21.3. The van der Waals surface area contributed by atoms with E-state index in [4.69, 9.17) is 0 Å². The highest BCUT2D eigenvalue weighted by molar-refractivity contribution is 7.92. The van der Waals surface area contributed by atoms with E-state index in [1.54, 1.807) is 19.1 Å². The first-order chi connectivity index (χ1) is 14.1. The lowest BCUT2D eigenvalue weighted by molar-refractivity contribution is -0.384. The van der Waals surface area contributed by atoms with Crippen molar-refractivity contribution in [1.29, 1.82) is 0 Å². The maximum Gasteiger partial charge on any atom is 0.271 e. The predicted octanol–water partition coefficient (Wildman–Crippen LogP) is 3.85. The van der Waals surface area contributed by atoms with Crippen LogP contribution in [0.3, 0.4) is 0 Å². The molecule has 0 saturated heterocycles. The van der Waals surface area contributed by atoms with Crippen molar-refractivity contribution >= 4 is 43.8 Å². The molecule has 3 rings (SSSR count). The molecule has 1 N–H and O–H groups in total. The molecule has 0 radical (unpaired) electrons. The Morgan fingerprint density at radius 1 is 1.10 bits per heavy atom. The molecule has 3 aromatic carbocycles. The predicted molar refractivity (Wildman–Crippen MR) is 117 cm³/mol. The molecule has 0 aliphatic rings. The maximum atomic E-state index is 13.0. The highest BCUT2D eigenvalue weighted by atomic mass is 32.2. The molecule has 0 aromatic heterocycles. The summed E-state index contributed by atoms with van der Waals surface area (Å²) < 4.78 is 26.0. The Labute approximate surface area is 174 Å². The summed E-state index contributed by atoms with van der Waals surface area (Å²) in [5.41, 5.74) is 0.878. The summed E-state index contributed by atoms with van der Waals surface area (Å²) in [6.07, 6.45) is 0.965. The third kappa shape index (κ3) is 4.25. The molecule has 8 nitrogen and oxygen atoms in total. The standard InChI is InChI=1S/C21H21N3O5S/c1-14-11-12-17(24(26)27)13-20(14)23(30(3,28)29)15(2)21(25)22-19-10-6-8-16-7-4-5-9-18(16)19/h4-13,15H,1-3H3,(H,22,25)/t15-/m1/s1. The number of nitrogens with zero attached hydrogens (tertiary/aromatic N) is 2. The summed E-state index contributed by atoms with van der Waals surface area (Å²) in [6, 6.07) is 15.7. The van der Waals surface area contributed by atoms with E-state index in [0.29, 0.717) is 11.3 Å². The lowest BCUT2D eigenvalue weighted by atomic mass is 10.1. The molecular formula is C21H21N3O5S. The number of rotatable bonds is 6. The quantitative estimate of drug-likeness (QED) is 0.475. The molecule has 30 heavy (non-hydrogen) atoms. The second kappa shape index (κ2) is 8.11. The van der Waals surface area contributed by atoms with Crippen LogP contribution >= 0.6 is 0 Å². The van der Waals surface area contributed by atoms with Gasteiger partial charge in [-0.25, -0.2) is 8.42 Å². The smallest absolute Gasteiger partial charge is 0.271 e. The molecule has 3 aromatic rings. The van der Waals surface area contributed by atoms with E-state index in [0.717, 1.165) is 27.4 Å². The number of carbonyl (C=O) groups is 1. The van der Waals surface area contributed by atoms with Crippen LogP contribution in [-0.2, 0) is 14.8 Å². The molecule has 9 heteroatoms. The van der Waals surface area contributed by atoms with Gasteiger partial charge in [-0.05, 0) is 30.9 Å². The number of carbonyl (C=O) groups excluding carboxylic acids is 1. The Balaban J connectivity index is 2.00. The Bertz CT molecular complexity index is 1240. The van der Waals surface area contributed by atoms with E-state index in [9.17, 15) is 23.3 Å². The molecule has 0 bridgehead atoms. The van der Waals surface area contributed by atoms with Gasteiger partial charge in [-0.15, -0.1) is 0 Å². The van der Waals surface area contributed by atoms with Gasteiger partial charge in [0.1, 0.15) is 6.04 Å². The fourth-order valence-corrected chi connectivity index (χ4v) is 4.53. The summed E-state index contributed by atoms with van der Waals surface area (Å²) in [4.78, 5) is 23.6. The first-order valence-corrected chi connectivity index (χ1v) is 11.0. The maximum absolute atomic E-state index is 13.0. The average molecular weight is 427 g/mol. The van der Waals surface area contributed by atoms with Crippen molar-refractivity contribution in [2.24, 2.45) is 0 Å². The van der Waals surface area contributed by atoms with E-state index in [2.05, 4.69) is 5.32 Å². The molecule has 0 saturated carbocycles. The van der Waals surface area contributed by atoms with Crippen molar-refractivity contribution in [3.05, 3.63) is 76.3 Å². The number of amides is 1. The van der Waals surface area contributed by atoms with E-state index in [-0.39, 0.29) is 11.4 Å². The largest absolute Gasteiger partial charge is 0.324 e. The normalized spacial score (nSPS) is 12.4. The number of fused-ring (bicyclic) bond motifs is 1. The van der Waals surface area contributed by atoms with Gasteiger partial charge in [0.25, 0.3) is 5.69 Å². The Morgan fingerprint density at radius 3 is 2.43 bits per heavy atom. The number of nitro groups is 1. The van der Waals surface area contributed by atoms with Gasteiger partial charge in [0.05, 0.1) is 16.9 Å². The van der Waals surface area contributed by atoms with Crippen molar-refractivity contribution < 1.29 is 18.1 Å². The summed E-state index contributed by atoms with van der Waals surface area (Å²) in [6.45, 7) is 3.08. The minimum atomic E-state index is -3.91. The molecule has 0 aliphatic carbocycles. The monoisotopic (exact) mass is 427 g/mol. The van der Waals surface area contributed by atoms with Crippen molar-refractivity contribution in [2.45, 2.75) is 19.9 Å². The topological polar surface area (TPSA) is 110 Å². The van der Waals surface area contributed by atoms with Crippen LogP contribution in [0.2, 0.25) is 0 Å². The second-order valence-corrected chi connectivity index (χ2v) is 8.84. The molecule has 0 fully saturated rings. The first-order valence-electron chi connectivity index (χ1n) is 9.12. The summed E-state index contributed by atoms with van der Waals surface area (Å²) in [5, 5.41) is 15.7. The molecule has 0 heterocycles. The number of nitro benzene ring substituents is 1. The highest BCUT2D eigenvalue weighted by Crippen LogP contribution is 2.30. The average Bonchev–Trinajstić information content (AvgIpc) is 2.68. The number of sulfonamides is 1. The van der Waals surface area contributed by atoms with Crippen LogP contribution in [0.5, 0.6) is 0 Å². The zero-order valence-electron chi connectivity index (χ0n) is 16.7. The molecule has 0 spiro atoms. The molecule has 156 valence electrons. The van der Waals surface area contributed by atoms with Crippen molar-refractivity contribution in [3.8, 4) is 0 Å². The zero-order chi connectivity index (χ0) is 22.1. The van der Waals surface area contributed by atoms with Crippen LogP contribution in [0.4, 0.5) is 17.1 Å². The van der Waals surface area contributed by atoms with Crippen LogP contribution in [0.1, 0.15) is 12.5 Å². The fraction of sp³-hybridized carbons (Fsp3) is 0.190. The van der Waals surface area contributed by atoms with E-state index >= 15 is 0 Å². The fourth-order valence-electron chi connectivity index (χ4n) is 3.30.